The zero-order chi connectivity index (χ0) is 32.1. The molecule has 44 heavy (non-hydrogen) atoms. The highest BCUT2D eigenvalue weighted by atomic mass is 16.4. The largest absolute Gasteiger partial charge is 0.481 e. The summed E-state index contributed by atoms with van der Waals surface area (Å²) in [5.41, 5.74) is 17.6. The molecule has 0 radical (unpaired) electrons. The molecule has 2 bridgehead atoms. The van der Waals surface area contributed by atoms with Crippen LogP contribution in [0.2, 0.25) is 0 Å². The van der Waals surface area contributed by atoms with Crippen LogP contribution in [-0.2, 0) is 30.4 Å². The van der Waals surface area contributed by atoms with E-state index in [2.05, 4.69) is 36.6 Å². The van der Waals surface area contributed by atoms with Crippen molar-refractivity contribution in [2.24, 2.45) is 22.2 Å². The zero-order valence-electron chi connectivity index (χ0n) is 24.1. The molecule has 2 aromatic rings. The van der Waals surface area contributed by atoms with Crippen LogP contribution in [0.5, 0.6) is 0 Å². The Morgan fingerprint density at radius 3 is 2.36 bits per heavy atom. The van der Waals surface area contributed by atoms with E-state index in [0.29, 0.717) is 25.1 Å². The van der Waals surface area contributed by atoms with Crippen molar-refractivity contribution in [1.82, 2.24) is 36.3 Å². The first kappa shape index (κ1) is 33.4. The van der Waals surface area contributed by atoms with Gasteiger partial charge in [-0.05, 0) is 44.2 Å². The number of benzene rings is 1. The smallest absolute Gasteiger partial charge is 0.305 e. The summed E-state index contributed by atoms with van der Waals surface area (Å²) in [6.07, 6.45) is 2.24. The molecule has 0 spiro atoms. The van der Waals surface area contributed by atoms with Gasteiger partial charge in [0, 0.05) is 6.54 Å². The normalized spacial score (nSPS) is 21.4. The third-order valence-corrected chi connectivity index (χ3v) is 6.82. The molecule has 1 aliphatic heterocycles. The maximum Gasteiger partial charge on any atom is 0.305 e. The summed E-state index contributed by atoms with van der Waals surface area (Å²) in [7, 11) is 0. The fraction of sp³-hybridized carbons (Fsp3) is 0.481. The molecule has 0 fully saturated rings. The van der Waals surface area contributed by atoms with Gasteiger partial charge < -0.3 is 43.6 Å². The van der Waals surface area contributed by atoms with E-state index in [9.17, 15) is 29.1 Å². The molecule has 3 rings (SSSR count). The number of hydrogen-bond donors (Lipinski definition) is 8. The Labute approximate surface area is 253 Å². The predicted octanol–water partition coefficient (Wildman–Crippen LogP) is -2.41. The second kappa shape index (κ2) is 16.5. The quantitative estimate of drug-likeness (QED) is 0.0750. The summed E-state index contributed by atoms with van der Waals surface area (Å²) in [6.45, 7) is -0.0880. The van der Waals surface area contributed by atoms with E-state index in [1.807, 2.05) is 30.3 Å². The second-order valence-corrected chi connectivity index (χ2v) is 10.3. The topological polar surface area (TPSA) is 275 Å². The number of rotatable bonds is 11. The third kappa shape index (κ3) is 10.3. The van der Waals surface area contributed by atoms with Crippen molar-refractivity contribution in [3.8, 4) is 0 Å². The van der Waals surface area contributed by atoms with Crippen LogP contribution in [-0.4, -0.2) is 87.4 Å². The fourth-order valence-electron chi connectivity index (χ4n) is 4.61. The first-order valence-corrected chi connectivity index (χ1v) is 14.2. The number of aromatic nitrogens is 3. The first-order chi connectivity index (χ1) is 21.1. The van der Waals surface area contributed by atoms with Crippen molar-refractivity contribution >= 4 is 35.6 Å². The van der Waals surface area contributed by atoms with Gasteiger partial charge in [0.15, 0.2) is 5.96 Å². The number of nitrogens with zero attached hydrogens (tertiary/aromatic N) is 4. The number of nitrogens with two attached hydrogens (primary N) is 3. The number of hydrogen-bond acceptors (Lipinski definition) is 9. The minimum Gasteiger partial charge on any atom is -0.481 e. The Bertz CT molecular complexity index is 1330. The van der Waals surface area contributed by atoms with Crippen molar-refractivity contribution in [3.05, 3.63) is 47.8 Å². The van der Waals surface area contributed by atoms with Gasteiger partial charge in [-0.25, -0.2) is 4.68 Å². The number of carboxylic acids is 1. The molecule has 4 amide bonds. The molecule has 0 saturated carbocycles. The summed E-state index contributed by atoms with van der Waals surface area (Å²) in [4.78, 5) is 68.2. The van der Waals surface area contributed by atoms with Crippen molar-refractivity contribution in [3.63, 3.8) is 0 Å². The predicted molar refractivity (Wildman–Crippen MR) is 157 cm³/mol. The third-order valence-electron chi connectivity index (χ3n) is 6.82. The molecule has 4 atom stereocenters. The molecule has 0 saturated heterocycles. The average molecular weight is 614 g/mol. The molecular weight excluding hydrogens is 574 g/mol. The van der Waals surface area contributed by atoms with E-state index in [1.165, 1.54) is 10.9 Å². The van der Waals surface area contributed by atoms with Gasteiger partial charge in [-0.15, -0.1) is 5.10 Å². The number of amides is 4. The Balaban J connectivity index is 2.01. The lowest BCUT2D eigenvalue weighted by atomic mass is 10.0. The number of carbonyl (C=O) groups excluding carboxylic acids is 4. The van der Waals surface area contributed by atoms with Crippen LogP contribution in [0.1, 0.15) is 55.4 Å². The number of aliphatic carboxylic acids is 1. The highest BCUT2D eigenvalue weighted by molar-refractivity contribution is 5.94. The monoisotopic (exact) mass is 613 g/mol. The fourth-order valence-corrected chi connectivity index (χ4v) is 4.61. The van der Waals surface area contributed by atoms with Crippen LogP contribution in [0.25, 0.3) is 0 Å². The zero-order valence-corrected chi connectivity index (χ0v) is 24.1. The van der Waals surface area contributed by atoms with Crippen molar-refractivity contribution in [1.29, 1.82) is 0 Å². The maximum absolute atomic E-state index is 13.6. The number of aliphatic imine (C=N–C) groups is 1. The van der Waals surface area contributed by atoms with Gasteiger partial charge in [-0.3, -0.25) is 29.0 Å². The van der Waals surface area contributed by atoms with Gasteiger partial charge in [0.2, 0.25) is 23.6 Å². The Hall–Kier alpha value is -5.06. The second-order valence-electron chi connectivity index (χ2n) is 10.3. The van der Waals surface area contributed by atoms with Crippen LogP contribution < -0.4 is 38.5 Å². The van der Waals surface area contributed by atoms with Crippen LogP contribution in [0.4, 0.5) is 0 Å². The molecular formula is C27H39N11O6. The number of carboxylic acid groups (broad SMARTS) is 1. The lowest BCUT2D eigenvalue weighted by Gasteiger charge is -2.24. The lowest BCUT2D eigenvalue weighted by Crippen LogP contribution is -2.53. The van der Waals surface area contributed by atoms with E-state index in [1.54, 1.807) is 0 Å². The van der Waals surface area contributed by atoms with Gasteiger partial charge in [0.05, 0.1) is 25.2 Å². The highest BCUT2D eigenvalue weighted by Gasteiger charge is 2.31. The van der Waals surface area contributed by atoms with Crippen LogP contribution in [0.15, 0.2) is 41.5 Å². The summed E-state index contributed by atoms with van der Waals surface area (Å²) in [5, 5.41) is 28.1. The first-order valence-electron chi connectivity index (χ1n) is 14.2. The minimum absolute atomic E-state index is 0.123. The van der Waals surface area contributed by atoms with Crippen molar-refractivity contribution < 1.29 is 29.1 Å². The summed E-state index contributed by atoms with van der Waals surface area (Å²) in [5.74, 6) is -4.22. The summed E-state index contributed by atoms with van der Waals surface area (Å²) < 4.78 is 1.35. The van der Waals surface area contributed by atoms with Crippen molar-refractivity contribution in [2.45, 2.75) is 62.7 Å². The van der Waals surface area contributed by atoms with E-state index in [4.69, 9.17) is 17.2 Å². The number of nitrogens with one attached hydrogen (secondary N) is 4. The number of guanidine groups is 1. The van der Waals surface area contributed by atoms with Crippen LogP contribution >= 0.6 is 0 Å². The minimum atomic E-state index is -1.45. The van der Waals surface area contributed by atoms with Crippen molar-refractivity contribution in [2.75, 3.05) is 19.6 Å². The van der Waals surface area contributed by atoms with Gasteiger partial charge >= 0.3 is 5.97 Å². The molecule has 1 aromatic heterocycles. The van der Waals surface area contributed by atoms with E-state index < -0.39 is 66.7 Å². The highest BCUT2D eigenvalue weighted by Crippen LogP contribution is 2.21. The molecule has 0 aliphatic carbocycles. The molecule has 17 heteroatoms. The van der Waals surface area contributed by atoms with E-state index in [0.717, 1.165) is 5.56 Å². The Kier molecular flexibility index (Phi) is 12.6. The van der Waals surface area contributed by atoms with Gasteiger partial charge in [0.1, 0.15) is 23.8 Å². The van der Waals surface area contributed by atoms with E-state index in [-0.39, 0.29) is 31.8 Å². The molecule has 1 aliphatic rings. The van der Waals surface area contributed by atoms with Crippen LogP contribution in [0, 0.1) is 0 Å². The Morgan fingerprint density at radius 1 is 0.955 bits per heavy atom. The maximum atomic E-state index is 13.6. The molecule has 2 unspecified atom stereocenters. The van der Waals surface area contributed by atoms with Gasteiger partial charge in [0.25, 0.3) is 0 Å². The molecule has 238 valence electrons. The molecule has 1 aromatic carbocycles. The standard InChI is InChI=1S/C27H39N11O6/c28-10-4-9-21-26(44)34-17(8-5-11-31-27(29)30)24(42)32-14-22(39)33-19(13-23(40)41)25(43)35-18(20-15-38(21)37-36-20)12-16-6-2-1-3-7-16/h1-3,6-7,15,17-19,21H,4-5,8-14,28H2,(H,32,42)(H,33,39)(H,34,44)(H,35,43)(H,40,41)(H4,29,30,31)/t17-,18?,19?,21-/m0/s1. The lowest BCUT2D eigenvalue weighted by molar-refractivity contribution is -0.141. The summed E-state index contributed by atoms with van der Waals surface area (Å²) in [6, 6.07) is 4.95. The van der Waals surface area contributed by atoms with E-state index >= 15 is 0 Å². The summed E-state index contributed by atoms with van der Waals surface area (Å²) >= 11 is 0. The molecule has 11 N–H and O–H groups in total. The van der Waals surface area contributed by atoms with Crippen LogP contribution in [0.3, 0.4) is 0 Å². The average Bonchev–Trinajstić information content (AvgIpc) is 3.46. The van der Waals surface area contributed by atoms with Gasteiger partial charge in [-0.1, -0.05) is 35.5 Å². The Morgan fingerprint density at radius 2 is 1.68 bits per heavy atom. The SMILES string of the molecule is NCCC[C@H]1C(=O)N[C@@H](CCCN=C(N)N)C(=O)NCC(=O)NC(CC(=O)O)C(=O)NC(Cc2ccccc2)c2cn1nn2. The number of fused-ring (bicyclic) bond motifs is 2. The number of carbonyl (C=O) groups is 5. The molecule has 17 nitrogen and oxygen atoms in total. The molecule has 2 heterocycles. The van der Waals surface area contributed by atoms with Gasteiger partial charge in [-0.2, -0.15) is 0 Å².